The van der Waals surface area contributed by atoms with Crippen LogP contribution < -0.4 is 37.2 Å². The molecule has 2 bridgehead atoms. The molecule has 8 N–H and O–H groups in total. The first kappa shape index (κ1) is 61.6. The van der Waals surface area contributed by atoms with Crippen LogP contribution in [0.1, 0.15) is 56.5 Å². The van der Waals surface area contributed by atoms with Crippen molar-refractivity contribution in [3.8, 4) is 23.1 Å². The first-order chi connectivity index (χ1) is 36.4. The molecule has 4 amide bonds. The number of hydrogen-bond donors (Lipinski definition) is 7. The molecule has 6 atom stereocenters. The highest BCUT2D eigenvalue weighted by molar-refractivity contribution is 5.87. The number of carbonyl (C=O) groups excluding carboxylic acids is 4. The number of morpholine rings is 1. The Labute approximate surface area is 441 Å². The molecule has 4 heterocycles. The van der Waals surface area contributed by atoms with Gasteiger partial charge in [-0.05, 0) is 82.1 Å². The number of amides is 4. The number of aromatic nitrogens is 3. The van der Waals surface area contributed by atoms with Crippen molar-refractivity contribution < 1.29 is 82.4 Å². The number of aliphatic hydroxyl groups is 1. The molecule has 2 aromatic carbocycles. The highest BCUT2D eigenvalue weighted by atomic mass is 19.4. The number of ether oxygens (including phenoxy) is 3. The van der Waals surface area contributed by atoms with E-state index < -0.39 is 108 Å². The summed E-state index contributed by atoms with van der Waals surface area (Å²) in [5.41, 5.74) is 0.642. The first-order valence-electron chi connectivity index (χ1n) is 23.7. The fraction of sp³-hybridized carbons (Fsp3) is 0.480. The van der Waals surface area contributed by atoms with E-state index in [0.717, 1.165) is 85.2 Å². The first-order valence-corrected chi connectivity index (χ1v) is 23.7. The van der Waals surface area contributed by atoms with Gasteiger partial charge in [0, 0.05) is 72.9 Å². The van der Waals surface area contributed by atoms with Crippen molar-refractivity contribution in [1.29, 1.82) is 0 Å². The molecular formula is C50H58F10N10O8. The van der Waals surface area contributed by atoms with Crippen molar-refractivity contribution in [3.63, 3.8) is 0 Å². The minimum Gasteiger partial charge on any atom is -0.453 e. The van der Waals surface area contributed by atoms with E-state index in [0.29, 0.717) is 34.6 Å². The molecule has 18 nitrogen and oxygen atoms in total. The van der Waals surface area contributed by atoms with Gasteiger partial charge >= 0.3 is 31.1 Å². The molecule has 0 aliphatic carbocycles. The summed E-state index contributed by atoms with van der Waals surface area (Å²) in [7, 11) is 1.88. The van der Waals surface area contributed by atoms with E-state index in [-0.39, 0.29) is 29.8 Å². The molecule has 2 aliphatic heterocycles. The zero-order valence-electron chi connectivity index (χ0n) is 42.8. The van der Waals surface area contributed by atoms with Gasteiger partial charge in [-0.25, -0.2) is 28.0 Å². The third-order valence-corrected chi connectivity index (χ3v) is 12.9. The zero-order chi connectivity index (χ0) is 57.9. The summed E-state index contributed by atoms with van der Waals surface area (Å²) in [5.74, 6) is 2.28. The quantitative estimate of drug-likeness (QED) is 0.0514. The Morgan fingerprint density at radius 3 is 1.86 bits per heavy atom. The number of alkyl carbamates (subject to hydrolysis) is 2. The minimum absolute atomic E-state index is 0.0999. The summed E-state index contributed by atoms with van der Waals surface area (Å²) in [5, 5.41) is 27.3. The highest BCUT2D eigenvalue weighted by Gasteiger charge is 2.56. The van der Waals surface area contributed by atoms with Crippen LogP contribution in [0.25, 0.3) is 11.3 Å². The van der Waals surface area contributed by atoms with Crippen LogP contribution in [0.3, 0.4) is 0 Å². The van der Waals surface area contributed by atoms with Crippen LogP contribution >= 0.6 is 0 Å². The maximum Gasteiger partial charge on any atom is 0.407 e. The predicted molar refractivity (Wildman–Crippen MR) is 260 cm³/mol. The van der Waals surface area contributed by atoms with Crippen LogP contribution in [0.5, 0.6) is 0 Å². The number of alkyl halides is 8. The number of nitrogens with two attached hydrogens (primary N) is 1. The number of primary amides is 1. The molecular weight excluding hydrogens is 1060 g/mol. The van der Waals surface area contributed by atoms with Crippen molar-refractivity contribution in [2.24, 2.45) is 16.6 Å². The molecule has 2 aromatic heterocycles. The minimum atomic E-state index is -4.98. The third kappa shape index (κ3) is 15.9. The highest BCUT2D eigenvalue weighted by Crippen LogP contribution is 2.41. The Kier molecular flexibility index (Phi) is 20.5. The molecule has 2 unspecified atom stereocenters. The molecule has 2 fully saturated rings. The van der Waals surface area contributed by atoms with Crippen molar-refractivity contribution in [3.05, 3.63) is 101 Å². The van der Waals surface area contributed by atoms with Crippen molar-refractivity contribution in [2.75, 3.05) is 52.0 Å². The maximum atomic E-state index is 15.1. The van der Waals surface area contributed by atoms with Gasteiger partial charge in [0.1, 0.15) is 29.5 Å². The van der Waals surface area contributed by atoms with Crippen LogP contribution in [0.4, 0.5) is 59.3 Å². The monoisotopic (exact) mass is 1120 g/mol. The SMILES string of the molecule is COC(=O)N[C@H](C(=O)N[C@@H](Cc1ccc(C#Cc2ccc(N3CC4COCC(C3)N4)nc2)cc1)[C@@H](O)CNCc1c(F)cc(-c2ccn(C(F)F)n2)cc1F)C(C)(C)C(F)(F)F.COC(=O)N[C@H](C(N)=O)C(C)(C)C(F)(F)F. The Morgan fingerprint density at radius 2 is 1.36 bits per heavy atom. The Bertz CT molecular complexity index is 2730. The van der Waals surface area contributed by atoms with Gasteiger partial charge in [0.15, 0.2) is 0 Å². The summed E-state index contributed by atoms with van der Waals surface area (Å²) in [4.78, 5) is 54.2. The van der Waals surface area contributed by atoms with E-state index in [2.05, 4.69) is 52.2 Å². The largest absolute Gasteiger partial charge is 0.453 e. The molecule has 0 saturated carbocycles. The Hall–Kier alpha value is -7.22. The Morgan fingerprint density at radius 1 is 0.821 bits per heavy atom. The number of hydrogen-bond acceptors (Lipinski definition) is 13. The molecule has 0 radical (unpaired) electrons. The van der Waals surface area contributed by atoms with Gasteiger partial charge in [0.05, 0.1) is 56.1 Å². The number of pyridine rings is 1. The number of fused-ring (bicyclic) bond motifs is 2. The fourth-order valence-corrected chi connectivity index (χ4v) is 7.97. The lowest BCUT2D eigenvalue weighted by Gasteiger charge is -2.42. The average molecular weight is 1120 g/mol. The number of carbonyl (C=O) groups is 4. The number of nitrogens with zero attached hydrogens (tertiary/aromatic N) is 4. The lowest BCUT2D eigenvalue weighted by atomic mass is 9.82. The van der Waals surface area contributed by atoms with E-state index in [1.807, 2.05) is 17.4 Å². The smallest absolute Gasteiger partial charge is 0.407 e. The molecule has 2 saturated heterocycles. The second kappa shape index (κ2) is 26.0. The van der Waals surface area contributed by atoms with Gasteiger partial charge < -0.3 is 56.5 Å². The summed E-state index contributed by atoms with van der Waals surface area (Å²) in [6.07, 6.45) is -11.2. The zero-order valence-corrected chi connectivity index (χ0v) is 42.8. The van der Waals surface area contributed by atoms with Gasteiger partial charge in [-0.1, -0.05) is 24.0 Å². The van der Waals surface area contributed by atoms with Gasteiger partial charge in [0.2, 0.25) is 11.8 Å². The normalized spacial score (nSPS) is 17.2. The van der Waals surface area contributed by atoms with Crippen molar-refractivity contribution in [1.82, 2.24) is 41.3 Å². The molecule has 28 heteroatoms. The summed E-state index contributed by atoms with van der Waals surface area (Å²) < 4.78 is 151. The van der Waals surface area contributed by atoms with Crippen LogP contribution in [0, 0.1) is 34.3 Å². The summed E-state index contributed by atoms with van der Waals surface area (Å²) >= 11 is 0. The van der Waals surface area contributed by atoms with Crippen LogP contribution in [-0.2, 0) is 36.8 Å². The van der Waals surface area contributed by atoms with Gasteiger partial charge in [0.25, 0.3) is 0 Å². The second-order valence-electron chi connectivity index (χ2n) is 19.2. The van der Waals surface area contributed by atoms with Gasteiger partial charge in [-0.3, -0.25) is 9.59 Å². The van der Waals surface area contributed by atoms with Crippen LogP contribution in [0.2, 0.25) is 0 Å². The molecule has 78 heavy (non-hydrogen) atoms. The topological polar surface area (TPSA) is 236 Å². The number of aliphatic hydroxyl groups excluding tert-OH is 1. The number of anilines is 1. The number of rotatable bonds is 17. The molecule has 0 spiro atoms. The van der Waals surface area contributed by atoms with E-state index in [1.54, 1.807) is 35.8 Å². The number of benzene rings is 2. The van der Waals surface area contributed by atoms with Crippen molar-refractivity contribution in [2.45, 2.75) is 95.9 Å². The lowest BCUT2D eigenvalue weighted by molar-refractivity contribution is -0.220. The van der Waals surface area contributed by atoms with Crippen LogP contribution in [-0.4, -0.2) is 140 Å². The number of nitrogens with one attached hydrogen (secondary N) is 5. The third-order valence-electron chi connectivity index (χ3n) is 12.9. The molecule has 6 rings (SSSR count). The standard InChI is InChI=1S/C42H45F7N8O5.C8H13F3N2O3/c1-41(2,42(47,48)49)37(54-40(60)61-3)38(59)53-34(35(58)19-50-18-30-31(43)15-27(16-32(30)44)33-12-13-57(55-33)39(45)46)14-25-7-4-24(5-8-25)6-9-26-10-11-36(51-17-26)56-20-28-22-62-23-29(21-56)52-28;1-7(2,8(9,10)11)4(5(12)14)13-6(15)16-3/h4-5,7-8,10-13,15-17,28-29,34-35,37,39,50,52,58H,14,18-23H2,1-3H3,(H,53,59)(H,54,60);4H,1-3H3,(H2,12,14)(H,13,15)/t28?,29?,34-,35-,37+;4-/m01/s1. The summed E-state index contributed by atoms with van der Waals surface area (Å²) in [6.45, 7) is 1.91. The van der Waals surface area contributed by atoms with E-state index in [4.69, 9.17) is 10.5 Å². The number of methoxy groups -OCH3 is 2. The predicted octanol–water partition coefficient (Wildman–Crippen LogP) is 5.47. The molecule has 2 aliphatic rings. The Balaban J connectivity index is 0.000000605. The average Bonchev–Trinajstić information content (AvgIpc) is 3.91. The second-order valence-corrected chi connectivity index (χ2v) is 19.2. The summed E-state index contributed by atoms with van der Waals surface area (Å²) in [6, 6.07) is 8.46. The molecule has 426 valence electrons. The maximum absolute atomic E-state index is 15.1. The van der Waals surface area contributed by atoms with Gasteiger partial charge in [-0.15, -0.1) is 0 Å². The lowest BCUT2D eigenvalue weighted by Crippen LogP contribution is -2.63. The van der Waals surface area contributed by atoms with E-state index in [9.17, 15) is 59.4 Å². The van der Waals surface area contributed by atoms with Gasteiger partial charge in [-0.2, -0.15) is 40.2 Å². The van der Waals surface area contributed by atoms with E-state index in [1.165, 1.54) is 0 Å². The fourth-order valence-electron chi connectivity index (χ4n) is 7.97. The van der Waals surface area contributed by atoms with Crippen molar-refractivity contribution >= 4 is 29.8 Å². The van der Waals surface area contributed by atoms with Crippen LogP contribution in [0.15, 0.2) is 67.0 Å². The van der Waals surface area contributed by atoms with E-state index >= 15 is 8.78 Å². The number of piperazine rings is 1. The molecule has 4 aromatic rings. The number of halogens is 10.